The van der Waals surface area contributed by atoms with Crippen LogP contribution in [0.5, 0.6) is 0 Å². The molecule has 35 heavy (non-hydrogen) atoms. The third-order valence-electron chi connectivity index (χ3n) is 6.57. The van der Waals surface area contributed by atoms with Crippen LogP contribution in [-0.4, -0.2) is 11.7 Å². The van der Waals surface area contributed by atoms with E-state index in [0.29, 0.717) is 22.7 Å². The number of anilines is 2. The molecule has 0 saturated carbocycles. The molecular formula is C28H21ClN2O4. The molecule has 0 saturated heterocycles. The van der Waals surface area contributed by atoms with Crippen LogP contribution in [0.3, 0.4) is 0 Å². The van der Waals surface area contributed by atoms with E-state index in [1.54, 1.807) is 35.4 Å². The van der Waals surface area contributed by atoms with Gasteiger partial charge in [0, 0.05) is 28.6 Å². The first-order chi connectivity index (χ1) is 17.1. The predicted molar refractivity (Wildman–Crippen MR) is 132 cm³/mol. The second-order valence-electron chi connectivity index (χ2n) is 8.68. The molecule has 2 aromatic heterocycles. The van der Waals surface area contributed by atoms with Crippen LogP contribution in [0, 0.1) is 0 Å². The van der Waals surface area contributed by atoms with Crippen molar-refractivity contribution in [3.05, 3.63) is 119 Å². The molecule has 3 heterocycles. The Hall–Kier alpha value is -4.03. The summed E-state index contributed by atoms with van der Waals surface area (Å²) in [5.74, 6) is 0.508. The fourth-order valence-electron chi connectivity index (χ4n) is 5.02. The molecule has 2 atom stereocenters. The summed E-state index contributed by atoms with van der Waals surface area (Å²) in [4.78, 5) is 29.4. The summed E-state index contributed by atoms with van der Waals surface area (Å²) in [5, 5.41) is 4.07. The maximum Gasteiger partial charge on any atom is 0.294 e. The monoisotopic (exact) mass is 484 g/mol. The van der Waals surface area contributed by atoms with E-state index in [9.17, 15) is 9.59 Å². The average molecular weight is 485 g/mol. The number of rotatable bonds is 3. The topological polar surface area (TPSA) is 75.7 Å². The van der Waals surface area contributed by atoms with Crippen molar-refractivity contribution in [3.8, 4) is 0 Å². The number of furan rings is 2. The zero-order valence-electron chi connectivity index (χ0n) is 18.6. The quantitative estimate of drug-likeness (QED) is 0.348. The lowest BCUT2D eigenvalue weighted by molar-refractivity contribution is -0.116. The first-order valence-corrected chi connectivity index (χ1v) is 11.8. The summed E-state index contributed by atoms with van der Waals surface area (Å²) < 4.78 is 11.1. The van der Waals surface area contributed by atoms with Gasteiger partial charge in [0.25, 0.3) is 5.91 Å². The van der Waals surface area contributed by atoms with E-state index >= 15 is 0 Å². The summed E-state index contributed by atoms with van der Waals surface area (Å²) in [6, 6.07) is 21.2. The van der Waals surface area contributed by atoms with Crippen LogP contribution >= 0.6 is 11.6 Å². The fraction of sp³-hybridized carbons (Fsp3) is 0.143. The van der Waals surface area contributed by atoms with Gasteiger partial charge in [-0.2, -0.15) is 0 Å². The average Bonchev–Trinajstić information content (AvgIpc) is 3.57. The molecule has 2 aliphatic rings. The van der Waals surface area contributed by atoms with Crippen LogP contribution < -0.4 is 10.2 Å². The van der Waals surface area contributed by atoms with Crippen LogP contribution in [0.1, 0.15) is 46.7 Å². The summed E-state index contributed by atoms with van der Waals surface area (Å²) in [5.41, 5.74) is 3.52. The van der Waals surface area contributed by atoms with Gasteiger partial charge in [-0.15, -0.1) is 0 Å². The SMILES string of the molecule is O=C1C[C@H](c2ccco2)CC2=C1[C@@H](c1ccc(Cl)cc1)N(C(=O)c1ccco1)c1ccccc1N2. The second kappa shape index (κ2) is 8.64. The van der Waals surface area contributed by atoms with Crippen molar-refractivity contribution in [2.75, 3.05) is 10.2 Å². The second-order valence-corrected chi connectivity index (χ2v) is 9.12. The minimum atomic E-state index is -0.666. The number of fused-ring (bicyclic) bond motifs is 1. The number of hydrogen-bond donors (Lipinski definition) is 1. The lowest BCUT2D eigenvalue weighted by Gasteiger charge is -2.34. The van der Waals surface area contributed by atoms with Crippen molar-refractivity contribution in [1.82, 2.24) is 0 Å². The molecule has 0 radical (unpaired) electrons. The Kier molecular flexibility index (Phi) is 5.30. The number of hydrogen-bond acceptors (Lipinski definition) is 5. The van der Waals surface area contributed by atoms with E-state index in [0.717, 1.165) is 22.7 Å². The normalized spacial score (nSPS) is 19.6. The molecule has 1 amide bonds. The Morgan fingerprint density at radius 2 is 1.69 bits per heavy atom. The number of benzene rings is 2. The van der Waals surface area contributed by atoms with Crippen LogP contribution in [0.25, 0.3) is 0 Å². The number of carbonyl (C=O) groups is 2. The number of allylic oxidation sites excluding steroid dienone is 1. The van der Waals surface area contributed by atoms with Crippen molar-refractivity contribution in [3.63, 3.8) is 0 Å². The van der Waals surface area contributed by atoms with Gasteiger partial charge in [-0.25, -0.2) is 0 Å². The number of Topliss-reactive ketones (excluding diaryl/α,β-unsaturated/α-hetero) is 1. The Labute approximate surface area is 206 Å². The van der Waals surface area contributed by atoms with Crippen molar-refractivity contribution >= 4 is 34.7 Å². The Morgan fingerprint density at radius 1 is 0.914 bits per heavy atom. The number of nitrogens with zero attached hydrogens (tertiary/aromatic N) is 1. The highest BCUT2D eigenvalue weighted by atomic mass is 35.5. The molecule has 174 valence electrons. The molecule has 6 rings (SSSR count). The molecule has 0 bridgehead atoms. The third-order valence-corrected chi connectivity index (χ3v) is 6.82. The molecule has 7 heteroatoms. The molecular weight excluding hydrogens is 464 g/mol. The third kappa shape index (κ3) is 3.76. The van der Waals surface area contributed by atoms with Crippen LogP contribution in [0.2, 0.25) is 5.02 Å². The van der Waals surface area contributed by atoms with Gasteiger partial charge < -0.3 is 14.2 Å². The molecule has 1 aliphatic heterocycles. The van der Waals surface area contributed by atoms with Gasteiger partial charge in [0.1, 0.15) is 5.76 Å². The minimum Gasteiger partial charge on any atom is -0.469 e. The van der Waals surface area contributed by atoms with Gasteiger partial charge >= 0.3 is 0 Å². The molecule has 0 fully saturated rings. The Bertz CT molecular complexity index is 1420. The van der Waals surface area contributed by atoms with Crippen LogP contribution in [-0.2, 0) is 4.79 Å². The lowest BCUT2D eigenvalue weighted by Crippen LogP contribution is -2.38. The molecule has 1 aliphatic carbocycles. The number of carbonyl (C=O) groups excluding carboxylic acids is 2. The maximum absolute atomic E-state index is 13.9. The highest BCUT2D eigenvalue weighted by Gasteiger charge is 2.42. The summed E-state index contributed by atoms with van der Waals surface area (Å²) >= 11 is 6.19. The van der Waals surface area contributed by atoms with Crippen LogP contribution in [0.4, 0.5) is 11.4 Å². The highest BCUT2D eigenvalue weighted by Crippen LogP contribution is 2.48. The van der Waals surface area contributed by atoms with Crippen molar-refractivity contribution in [2.24, 2.45) is 0 Å². The lowest BCUT2D eigenvalue weighted by atomic mass is 9.80. The van der Waals surface area contributed by atoms with E-state index in [4.69, 9.17) is 20.4 Å². The van der Waals surface area contributed by atoms with E-state index in [-0.39, 0.29) is 29.8 Å². The number of halogens is 1. The Morgan fingerprint density at radius 3 is 2.43 bits per heavy atom. The van der Waals surface area contributed by atoms with Crippen molar-refractivity contribution < 1.29 is 18.4 Å². The van der Waals surface area contributed by atoms with Gasteiger partial charge in [0.15, 0.2) is 11.5 Å². The highest BCUT2D eigenvalue weighted by molar-refractivity contribution is 6.30. The molecule has 6 nitrogen and oxygen atoms in total. The van der Waals surface area contributed by atoms with Gasteiger partial charge in [0.2, 0.25) is 0 Å². The standard InChI is InChI=1S/C28H21ClN2O4/c29-19-11-9-17(10-12-19)27-26-21(15-18(16-23(26)32)24-7-3-13-34-24)30-20-5-1-2-6-22(20)31(27)28(33)25-8-4-14-35-25/h1-14,18,27,30H,15-16H2/t18-,27-/m1/s1. The van der Waals surface area contributed by atoms with E-state index < -0.39 is 6.04 Å². The Balaban J connectivity index is 1.58. The molecule has 1 N–H and O–H groups in total. The van der Waals surface area contributed by atoms with Crippen molar-refractivity contribution in [2.45, 2.75) is 24.8 Å². The van der Waals surface area contributed by atoms with Gasteiger partial charge in [-0.05, 0) is 60.5 Å². The molecule has 4 aromatic rings. The zero-order valence-corrected chi connectivity index (χ0v) is 19.4. The predicted octanol–water partition coefficient (Wildman–Crippen LogP) is 6.74. The zero-order chi connectivity index (χ0) is 23.9. The maximum atomic E-state index is 13.9. The number of ketones is 1. The summed E-state index contributed by atoms with van der Waals surface area (Å²) in [6.45, 7) is 0. The van der Waals surface area contributed by atoms with Crippen LogP contribution in [0.15, 0.2) is 105 Å². The van der Waals surface area contributed by atoms with Crippen molar-refractivity contribution in [1.29, 1.82) is 0 Å². The molecule has 2 aromatic carbocycles. The number of nitrogens with one attached hydrogen (secondary N) is 1. The number of para-hydroxylation sites is 2. The molecule has 0 unspecified atom stereocenters. The largest absolute Gasteiger partial charge is 0.469 e. The smallest absolute Gasteiger partial charge is 0.294 e. The molecule has 0 spiro atoms. The first kappa shape index (κ1) is 21.5. The van der Waals surface area contributed by atoms with E-state index in [2.05, 4.69) is 5.32 Å². The number of amides is 1. The summed E-state index contributed by atoms with van der Waals surface area (Å²) in [7, 11) is 0. The van der Waals surface area contributed by atoms with E-state index in [1.165, 1.54) is 6.26 Å². The summed E-state index contributed by atoms with van der Waals surface area (Å²) in [6.07, 6.45) is 3.96. The fourth-order valence-corrected chi connectivity index (χ4v) is 5.14. The van der Waals surface area contributed by atoms with Gasteiger partial charge in [-0.3, -0.25) is 14.5 Å². The first-order valence-electron chi connectivity index (χ1n) is 11.4. The minimum absolute atomic E-state index is 0.0369. The van der Waals surface area contributed by atoms with Gasteiger partial charge in [-0.1, -0.05) is 35.9 Å². The van der Waals surface area contributed by atoms with E-state index in [1.807, 2.05) is 48.5 Å². The van der Waals surface area contributed by atoms with Gasteiger partial charge in [0.05, 0.1) is 29.9 Å².